The summed E-state index contributed by atoms with van der Waals surface area (Å²) in [7, 11) is 1.65. The van der Waals surface area contributed by atoms with Gasteiger partial charge in [-0.15, -0.1) is 0 Å². The average Bonchev–Trinajstić information content (AvgIpc) is 2.14. The molecule has 0 radical (unpaired) electrons. The molecule has 0 unspecified atom stereocenters. The molecule has 0 spiro atoms. The van der Waals surface area contributed by atoms with Crippen molar-refractivity contribution in [2.75, 3.05) is 13.7 Å². The summed E-state index contributed by atoms with van der Waals surface area (Å²) in [5.41, 5.74) is 2.20. The second-order valence-electron chi connectivity index (χ2n) is 2.87. The maximum Gasteiger partial charge on any atom is 0.119 e. The number of aryl methyl sites for hydroxylation is 1. The molecular formula is C11H14O2. The van der Waals surface area contributed by atoms with E-state index in [0.29, 0.717) is 0 Å². The molecule has 0 aliphatic heterocycles. The zero-order valence-electron chi connectivity index (χ0n) is 7.95. The Morgan fingerprint density at radius 1 is 1.38 bits per heavy atom. The van der Waals surface area contributed by atoms with Gasteiger partial charge in [0, 0.05) is 0 Å². The Kier molecular flexibility index (Phi) is 3.53. The van der Waals surface area contributed by atoms with Crippen LogP contribution in [0.4, 0.5) is 0 Å². The van der Waals surface area contributed by atoms with Gasteiger partial charge in [-0.05, 0) is 30.2 Å². The Morgan fingerprint density at radius 2 is 2.15 bits per heavy atom. The van der Waals surface area contributed by atoms with Crippen molar-refractivity contribution < 1.29 is 9.84 Å². The average molecular weight is 178 g/mol. The number of benzene rings is 1. The van der Waals surface area contributed by atoms with Gasteiger partial charge in [0.15, 0.2) is 0 Å². The Balaban J connectivity index is 2.94. The Morgan fingerprint density at radius 3 is 2.77 bits per heavy atom. The first-order valence-corrected chi connectivity index (χ1v) is 4.19. The van der Waals surface area contributed by atoms with Crippen molar-refractivity contribution in [1.29, 1.82) is 0 Å². The molecule has 13 heavy (non-hydrogen) atoms. The van der Waals surface area contributed by atoms with E-state index >= 15 is 0 Å². The number of hydrogen-bond acceptors (Lipinski definition) is 2. The van der Waals surface area contributed by atoms with Crippen LogP contribution in [-0.4, -0.2) is 18.8 Å². The van der Waals surface area contributed by atoms with E-state index in [1.165, 1.54) is 0 Å². The molecule has 0 aliphatic rings. The topological polar surface area (TPSA) is 29.5 Å². The summed E-state index contributed by atoms with van der Waals surface area (Å²) in [6, 6.07) is 5.93. The first kappa shape index (κ1) is 9.81. The highest BCUT2D eigenvalue weighted by atomic mass is 16.5. The fourth-order valence-corrected chi connectivity index (χ4v) is 1.18. The predicted molar refractivity (Wildman–Crippen MR) is 53.9 cm³/mol. The molecule has 0 aromatic heterocycles. The molecule has 1 N–H and O–H groups in total. The number of aliphatic hydroxyl groups is 1. The molecule has 0 amide bonds. The second-order valence-corrected chi connectivity index (χ2v) is 2.87. The first-order valence-electron chi connectivity index (χ1n) is 4.19. The van der Waals surface area contributed by atoms with Gasteiger partial charge in [-0.25, -0.2) is 0 Å². The monoisotopic (exact) mass is 178 g/mol. The molecule has 0 saturated carbocycles. The van der Waals surface area contributed by atoms with Gasteiger partial charge >= 0.3 is 0 Å². The molecule has 0 fully saturated rings. The zero-order valence-corrected chi connectivity index (χ0v) is 7.95. The molecule has 0 heterocycles. The van der Waals surface area contributed by atoms with Crippen molar-refractivity contribution in [3.05, 3.63) is 35.4 Å². The SMILES string of the molecule is COc1cc(C)cc(C=CCO)c1. The molecule has 0 saturated heterocycles. The van der Waals surface area contributed by atoms with Crippen LogP contribution in [0.2, 0.25) is 0 Å². The summed E-state index contributed by atoms with van der Waals surface area (Å²) >= 11 is 0. The minimum Gasteiger partial charge on any atom is -0.497 e. The van der Waals surface area contributed by atoms with Crippen LogP contribution >= 0.6 is 0 Å². The van der Waals surface area contributed by atoms with Gasteiger partial charge in [0.2, 0.25) is 0 Å². The molecule has 2 nitrogen and oxygen atoms in total. The Hall–Kier alpha value is -1.28. The normalized spacial score (nSPS) is 10.7. The maximum absolute atomic E-state index is 8.61. The molecule has 2 heteroatoms. The molecule has 1 rings (SSSR count). The largest absolute Gasteiger partial charge is 0.497 e. The van der Waals surface area contributed by atoms with Gasteiger partial charge in [0.25, 0.3) is 0 Å². The van der Waals surface area contributed by atoms with Crippen LogP contribution in [0, 0.1) is 6.92 Å². The van der Waals surface area contributed by atoms with Crippen LogP contribution in [0.15, 0.2) is 24.3 Å². The smallest absolute Gasteiger partial charge is 0.119 e. The number of ether oxygens (including phenoxy) is 1. The lowest BCUT2D eigenvalue weighted by Crippen LogP contribution is -1.85. The van der Waals surface area contributed by atoms with Crippen LogP contribution in [0.25, 0.3) is 6.08 Å². The molecule has 70 valence electrons. The van der Waals surface area contributed by atoms with Crippen molar-refractivity contribution >= 4 is 6.08 Å². The maximum atomic E-state index is 8.61. The molecule has 0 atom stereocenters. The Labute approximate surface area is 78.5 Å². The van der Waals surface area contributed by atoms with Crippen LogP contribution in [0.3, 0.4) is 0 Å². The van der Waals surface area contributed by atoms with E-state index in [-0.39, 0.29) is 6.61 Å². The van der Waals surface area contributed by atoms with Crippen molar-refractivity contribution in [2.45, 2.75) is 6.92 Å². The third-order valence-corrected chi connectivity index (χ3v) is 1.72. The lowest BCUT2D eigenvalue weighted by atomic mass is 10.1. The summed E-state index contributed by atoms with van der Waals surface area (Å²) in [6.07, 6.45) is 3.57. The van der Waals surface area contributed by atoms with E-state index in [1.54, 1.807) is 13.2 Å². The standard InChI is InChI=1S/C11H14O2/c1-9-6-10(4-3-5-12)8-11(7-9)13-2/h3-4,6-8,12H,5H2,1-2H3. The fourth-order valence-electron chi connectivity index (χ4n) is 1.18. The molecule has 0 bridgehead atoms. The summed E-state index contributed by atoms with van der Waals surface area (Å²) in [5.74, 6) is 0.845. The van der Waals surface area contributed by atoms with Gasteiger partial charge in [-0.2, -0.15) is 0 Å². The molecule has 0 aliphatic carbocycles. The summed E-state index contributed by atoms with van der Waals surface area (Å²) in [6.45, 7) is 2.08. The van der Waals surface area contributed by atoms with Gasteiger partial charge in [-0.3, -0.25) is 0 Å². The highest BCUT2D eigenvalue weighted by Crippen LogP contribution is 2.17. The quantitative estimate of drug-likeness (QED) is 0.767. The van der Waals surface area contributed by atoms with Gasteiger partial charge < -0.3 is 9.84 Å². The van der Waals surface area contributed by atoms with E-state index in [1.807, 2.05) is 31.2 Å². The van der Waals surface area contributed by atoms with Crippen molar-refractivity contribution in [2.24, 2.45) is 0 Å². The Bertz CT molecular complexity index is 303. The van der Waals surface area contributed by atoms with Crippen LogP contribution in [0.1, 0.15) is 11.1 Å². The fraction of sp³-hybridized carbons (Fsp3) is 0.273. The minimum absolute atomic E-state index is 0.0657. The van der Waals surface area contributed by atoms with Gasteiger partial charge in [-0.1, -0.05) is 18.2 Å². The lowest BCUT2D eigenvalue weighted by Gasteiger charge is -2.02. The third-order valence-electron chi connectivity index (χ3n) is 1.72. The zero-order chi connectivity index (χ0) is 9.68. The van der Waals surface area contributed by atoms with Crippen molar-refractivity contribution in [1.82, 2.24) is 0 Å². The highest BCUT2D eigenvalue weighted by molar-refractivity contribution is 5.53. The number of methoxy groups -OCH3 is 1. The summed E-state index contributed by atoms with van der Waals surface area (Å²) in [4.78, 5) is 0. The lowest BCUT2D eigenvalue weighted by molar-refractivity contribution is 0.343. The van der Waals surface area contributed by atoms with Gasteiger partial charge in [0.05, 0.1) is 13.7 Å². The highest BCUT2D eigenvalue weighted by Gasteiger charge is 1.94. The minimum atomic E-state index is 0.0657. The summed E-state index contributed by atoms with van der Waals surface area (Å²) in [5, 5.41) is 8.61. The van der Waals surface area contributed by atoms with E-state index in [0.717, 1.165) is 16.9 Å². The van der Waals surface area contributed by atoms with E-state index < -0.39 is 0 Å². The van der Waals surface area contributed by atoms with E-state index in [9.17, 15) is 0 Å². The molecule has 1 aromatic rings. The second kappa shape index (κ2) is 4.67. The van der Waals surface area contributed by atoms with E-state index in [2.05, 4.69) is 0 Å². The number of rotatable bonds is 3. The predicted octanol–water partition coefficient (Wildman–Crippen LogP) is 2.01. The third kappa shape index (κ3) is 2.92. The first-order chi connectivity index (χ1) is 6.26. The van der Waals surface area contributed by atoms with E-state index in [4.69, 9.17) is 9.84 Å². The van der Waals surface area contributed by atoms with Gasteiger partial charge in [0.1, 0.15) is 5.75 Å². The molecule has 1 aromatic carbocycles. The molecular weight excluding hydrogens is 164 g/mol. The number of hydrogen-bond donors (Lipinski definition) is 1. The number of aliphatic hydroxyl groups excluding tert-OH is 1. The van der Waals surface area contributed by atoms with Crippen LogP contribution < -0.4 is 4.74 Å². The van der Waals surface area contributed by atoms with Crippen LogP contribution in [-0.2, 0) is 0 Å². The van der Waals surface area contributed by atoms with Crippen molar-refractivity contribution in [3.63, 3.8) is 0 Å². The van der Waals surface area contributed by atoms with Crippen LogP contribution in [0.5, 0.6) is 5.75 Å². The summed E-state index contributed by atoms with van der Waals surface area (Å²) < 4.78 is 5.12. The van der Waals surface area contributed by atoms with Crippen molar-refractivity contribution in [3.8, 4) is 5.75 Å².